The lowest BCUT2D eigenvalue weighted by Gasteiger charge is -2.26. The van der Waals surface area contributed by atoms with E-state index >= 15 is 0 Å². The summed E-state index contributed by atoms with van der Waals surface area (Å²) in [5.41, 5.74) is 3.81. The first-order valence-electron chi connectivity index (χ1n) is 8.64. The van der Waals surface area contributed by atoms with Crippen LogP contribution in [0.4, 0.5) is 5.82 Å². The lowest BCUT2D eigenvalue weighted by atomic mass is 10.1. The maximum absolute atomic E-state index is 4.93. The molecule has 0 radical (unpaired) electrons. The van der Waals surface area contributed by atoms with Crippen LogP contribution >= 0.6 is 15.9 Å². The standard InChI is InChI=1S/C18H23BrN4/c19-14-5-4-6-15(13-14)23-18-16(7-9-20-18)17(21-23)8-12-22-10-2-1-3-11-22/h4-6,13,20H,1-3,7-12H2. The number of hydrogen-bond donors (Lipinski definition) is 1. The van der Waals surface area contributed by atoms with Crippen molar-refractivity contribution in [2.75, 3.05) is 31.5 Å². The number of anilines is 1. The second kappa shape index (κ2) is 6.65. The highest BCUT2D eigenvalue weighted by Crippen LogP contribution is 2.30. The Morgan fingerprint density at radius 1 is 1.17 bits per heavy atom. The van der Waals surface area contributed by atoms with Crippen molar-refractivity contribution in [2.24, 2.45) is 0 Å². The average Bonchev–Trinajstić information content (AvgIpc) is 3.17. The Hall–Kier alpha value is -1.33. The molecule has 3 heterocycles. The summed E-state index contributed by atoms with van der Waals surface area (Å²) in [4.78, 5) is 2.59. The van der Waals surface area contributed by atoms with Gasteiger partial charge in [0.15, 0.2) is 0 Å². The van der Waals surface area contributed by atoms with Crippen LogP contribution in [0.3, 0.4) is 0 Å². The number of halogens is 1. The largest absolute Gasteiger partial charge is 0.369 e. The Morgan fingerprint density at radius 2 is 2.04 bits per heavy atom. The van der Waals surface area contributed by atoms with Gasteiger partial charge in [-0.15, -0.1) is 0 Å². The molecule has 5 heteroatoms. The van der Waals surface area contributed by atoms with Crippen molar-refractivity contribution in [3.05, 3.63) is 40.0 Å². The molecule has 4 rings (SSSR count). The number of nitrogens with one attached hydrogen (secondary N) is 1. The second-order valence-corrected chi connectivity index (χ2v) is 7.41. The molecule has 1 aromatic heterocycles. The minimum Gasteiger partial charge on any atom is -0.369 e. The van der Waals surface area contributed by atoms with Gasteiger partial charge in [-0.25, -0.2) is 4.68 Å². The van der Waals surface area contributed by atoms with E-state index in [1.165, 1.54) is 49.4 Å². The molecule has 0 amide bonds. The Bertz CT molecular complexity index is 688. The summed E-state index contributed by atoms with van der Waals surface area (Å²) in [5.74, 6) is 1.19. The van der Waals surface area contributed by atoms with Gasteiger partial charge < -0.3 is 10.2 Å². The molecule has 0 aliphatic carbocycles. The van der Waals surface area contributed by atoms with Crippen LogP contribution in [-0.2, 0) is 12.8 Å². The van der Waals surface area contributed by atoms with E-state index in [1.54, 1.807) is 0 Å². The number of benzene rings is 1. The molecule has 2 aliphatic rings. The molecule has 1 aromatic carbocycles. The van der Waals surface area contributed by atoms with Crippen molar-refractivity contribution < 1.29 is 0 Å². The molecule has 2 aliphatic heterocycles. The highest BCUT2D eigenvalue weighted by atomic mass is 79.9. The lowest BCUT2D eigenvalue weighted by molar-refractivity contribution is 0.230. The molecule has 0 saturated carbocycles. The normalized spacial score (nSPS) is 18.0. The molecule has 23 heavy (non-hydrogen) atoms. The average molecular weight is 375 g/mol. The SMILES string of the molecule is Brc1cccc(-n2nc(CCN3CCCCC3)c3c2NCC3)c1. The van der Waals surface area contributed by atoms with Gasteiger partial charge in [-0.2, -0.15) is 5.10 Å². The third-order valence-electron chi connectivity index (χ3n) is 4.90. The van der Waals surface area contributed by atoms with Gasteiger partial charge in [-0.05, 0) is 50.6 Å². The van der Waals surface area contributed by atoms with Gasteiger partial charge in [0.1, 0.15) is 5.82 Å². The van der Waals surface area contributed by atoms with Crippen LogP contribution in [0.2, 0.25) is 0 Å². The smallest absolute Gasteiger partial charge is 0.133 e. The van der Waals surface area contributed by atoms with E-state index in [-0.39, 0.29) is 0 Å². The van der Waals surface area contributed by atoms with Crippen LogP contribution in [0, 0.1) is 0 Å². The summed E-state index contributed by atoms with van der Waals surface area (Å²) in [5, 5.41) is 8.45. The van der Waals surface area contributed by atoms with E-state index in [0.717, 1.165) is 36.1 Å². The van der Waals surface area contributed by atoms with Crippen molar-refractivity contribution >= 4 is 21.7 Å². The van der Waals surface area contributed by atoms with Crippen LogP contribution in [0.15, 0.2) is 28.7 Å². The van der Waals surface area contributed by atoms with E-state index in [0.29, 0.717) is 0 Å². The summed E-state index contributed by atoms with van der Waals surface area (Å²) in [7, 11) is 0. The van der Waals surface area contributed by atoms with Gasteiger partial charge in [0.2, 0.25) is 0 Å². The van der Waals surface area contributed by atoms with Gasteiger partial charge in [-0.3, -0.25) is 0 Å². The highest BCUT2D eigenvalue weighted by molar-refractivity contribution is 9.10. The van der Waals surface area contributed by atoms with E-state index in [9.17, 15) is 0 Å². The van der Waals surface area contributed by atoms with E-state index in [2.05, 4.69) is 55.1 Å². The molecular weight excluding hydrogens is 352 g/mol. The Labute approximate surface area is 146 Å². The van der Waals surface area contributed by atoms with Gasteiger partial charge in [0.05, 0.1) is 11.4 Å². The number of fused-ring (bicyclic) bond motifs is 1. The first kappa shape index (κ1) is 15.2. The molecule has 0 unspecified atom stereocenters. The minimum atomic E-state index is 1.03. The molecule has 1 saturated heterocycles. The number of nitrogens with zero attached hydrogens (tertiary/aromatic N) is 3. The zero-order chi connectivity index (χ0) is 15.6. The molecule has 0 bridgehead atoms. The van der Waals surface area contributed by atoms with Gasteiger partial charge in [0, 0.05) is 29.5 Å². The summed E-state index contributed by atoms with van der Waals surface area (Å²) in [6.07, 6.45) is 6.26. The maximum Gasteiger partial charge on any atom is 0.133 e. The molecule has 1 N–H and O–H groups in total. The van der Waals surface area contributed by atoms with Crippen molar-refractivity contribution in [1.82, 2.24) is 14.7 Å². The van der Waals surface area contributed by atoms with Crippen molar-refractivity contribution in [3.63, 3.8) is 0 Å². The van der Waals surface area contributed by atoms with Crippen LogP contribution in [-0.4, -0.2) is 40.9 Å². The van der Waals surface area contributed by atoms with Crippen LogP contribution in [0.1, 0.15) is 30.5 Å². The molecule has 1 fully saturated rings. The number of hydrogen-bond acceptors (Lipinski definition) is 3. The Kier molecular flexibility index (Phi) is 4.40. The van der Waals surface area contributed by atoms with E-state index in [4.69, 9.17) is 5.10 Å². The number of aromatic nitrogens is 2. The fourth-order valence-corrected chi connectivity index (χ4v) is 4.08. The molecule has 2 aromatic rings. The summed E-state index contributed by atoms with van der Waals surface area (Å²) >= 11 is 3.56. The molecular formula is C18H23BrN4. The van der Waals surface area contributed by atoms with Gasteiger partial charge in [-0.1, -0.05) is 28.4 Å². The monoisotopic (exact) mass is 374 g/mol. The fraction of sp³-hybridized carbons (Fsp3) is 0.500. The second-order valence-electron chi connectivity index (χ2n) is 6.49. The predicted molar refractivity (Wildman–Crippen MR) is 97.5 cm³/mol. The topological polar surface area (TPSA) is 33.1 Å². The van der Waals surface area contributed by atoms with Gasteiger partial charge in [0.25, 0.3) is 0 Å². The first-order chi connectivity index (χ1) is 11.3. The van der Waals surface area contributed by atoms with Crippen LogP contribution in [0.5, 0.6) is 0 Å². The van der Waals surface area contributed by atoms with Crippen molar-refractivity contribution in [2.45, 2.75) is 32.1 Å². The Morgan fingerprint density at radius 3 is 2.87 bits per heavy atom. The van der Waals surface area contributed by atoms with Crippen LogP contribution in [0.25, 0.3) is 5.69 Å². The quantitative estimate of drug-likeness (QED) is 0.886. The Balaban J connectivity index is 1.57. The maximum atomic E-state index is 4.93. The molecule has 0 spiro atoms. The molecule has 4 nitrogen and oxygen atoms in total. The molecule has 0 atom stereocenters. The van der Waals surface area contributed by atoms with E-state index < -0.39 is 0 Å². The van der Waals surface area contributed by atoms with E-state index in [1.807, 2.05) is 0 Å². The summed E-state index contributed by atoms with van der Waals surface area (Å²) in [6.45, 7) is 4.68. The summed E-state index contributed by atoms with van der Waals surface area (Å²) in [6, 6.07) is 8.36. The van der Waals surface area contributed by atoms with Crippen molar-refractivity contribution in [3.8, 4) is 5.69 Å². The van der Waals surface area contributed by atoms with Crippen LogP contribution < -0.4 is 5.32 Å². The van der Waals surface area contributed by atoms with Gasteiger partial charge >= 0.3 is 0 Å². The zero-order valence-electron chi connectivity index (χ0n) is 13.4. The number of piperidine rings is 1. The first-order valence-corrected chi connectivity index (χ1v) is 9.43. The third kappa shape index (κ3) is 3.17. The predicted octanol–water partition coefficient (Wildman–Crippen LogP) is 3.63. The fourth-order valence-electron chi connectivity index (χ4n) is 3.69. The summed E-state index contributed by atoms with van der Waals surface area (Å²) < 4.78 is 3.17. The highest BCUT2D eigenvalue weighted by Gasteiger charge is 2.23. The van der Waals surface area contributed by atoms with Crippen molar-refractivity contribution in [1.29, 1.82) is 0 Å². The number of likely N-dealkylation sites (tertiary alicyclic amines) is 1. The number of rotatable bonds is 4. The lowest BCUT2D eigenvalue weighted by Crippen LogP contribution is -2.31. The minimum absolute atomic E-state index is 1.03. The zero-order valence-corrected chi connectivity index (χ0v) is 15.0. The third-order valence-corrected chi connectivity index (χ3v) is 5.39. The molecule has 122 valence electrons.